The Morgan fingerprint density at radius 3 is 2.73 bits per heavy atom. The largest absolute Gasteiger partial charge is 0.474 e. The zero-order valence-electron chi connectivity index (χ0n) is 8.79. The maximum Gasteiger partial charge on any atom is 0.241 e. The van der Waals surface area contributed by atoms with Crippen molar-refractivity contribution in [2.45, 2.75) is 13.8 Å². The molecule has 0 saturated heterocycles. The topological polar surface area (TPSA) is 70.3 Å². The van der Waals surface area contributed by atoms with Crippen LogP contribution in [0.2, 0.25) is 5.28 Å². The molecule has 0 aliphatic rings. The van der Waals surface area contributed by atoms with Gasteiger partial charge in [0.1, 0.15) is 12.3 Å². The second kappa shape index (κ2) is 5.72. The van der Waals surface area contributed by atoms with Crippen LogP contribution >= 0.6 is 11.6 Å². The van der Waals surface area contributed by atoms with Crippen LogP contribution in [0.25, 0.3) is 0 Å². The van der Waals surface area contributed by atoms with Crippen LogP contribution in [0.15, 0.2) is 0 Å². The molecule has 0 bridgehead atoms. The number of anilines is 1. The van der Waals surface area contributed by atoms with Gasteiger partial charge in [0.25, 0.3) is 0 Å². The zero-order chi connectivity index (χ0) is 11.3. The minimum atomic E-state index is 0.133. The van der Waals surface area contributed by atoms with Crippen molar-refractivity contribution in [2.75, 3.05) is 25.6 Å². The molecular weight excluding hydrogens is 218 g/mol. The zero-order valence-corrected chi connectivity index (χ0v) is 9.54. The van der Waals surface area contributed by atoms with Crippen LogP contribution in [-0.4, -0.2) is 29.8 Å². The standard InChI is InChI=1S/C9H14ClN3O2/c1-3-14-4-5-15-8-7(11)6(2)12-9(10)13-8/h3-5,11H2,1-2H3. The predicted octanol–water partition coefficient (Wildman–Crippen LogP) is 1.44. The quantitative estimate of drug-likeness (QED) is 0.613. The summed E-state index contributed by atoms with van der Waals surface area (Å²) in [5.74, 6) is 0.312. The highest BCUT2D eigenvalue weighted by atomic mass is 35.5. The van der Waals surface area contributed by atoms with Crippen molar-refractivity contribution in [1.29, 1.82) is 0 Å². The summed E-state index contributed by atoms with van der Waals surface area (Å²) < 4.78 is 10.4. The number of halogens is 1. The number of ether oxygens (including phenoxy) is 2. The van der Waals surface area contributed by atoms with Gasteiger partial charge < -0.3 is 15.2 Å². The smallest absolute Gasteiger partial charge is 0.241 e. The van der Waals surface area contributed by atoms with Crippen molar-refractivity contribution in [2.24, 2.45) is 0 Å². The molecule has 0 aliphatic carbocycles. The number of aryl methyl sites for hydroxylation is 1. The van der Waals surface area contributed by atoms with Gasteiger partial charge in [-0.3, -0.25) is 0 Å². The first kappa shape index (κ1) is 12.0. The third-order valence-electron chi connectivity index (χ3n) is 1.74. The molecule has 15 heavy (non-hydrogen) atoms. The average molecular weight is 232 g/mol. The van der Waals surface area contributed by atoms with Crippen molar-refractivity contribution in [1.82, 2.24) is 9.97 Å². The van der Waals surface area contributed by atoms with Gasteiger partial charge in [0.15, 0.2) is 0 Å². The Kier molecular flexibility index (Phi) is 4.58. The summed E-state index contributed by atoms with van der Waals surface area (Å²) >= 11 is 5.67. The van der Waals surface area contributed by atoms with Crippen molar-refractivity contribution in [3.8, 4) is 5.88 Å². The fourth-order valence-electron chi connectivity index (χ4n) is 0.974. The van der Waals surface area contributed by atoms with Crippen molar-refractivity contribution < 1.29 is 9.47 Å². The van der Waals surface area contributed by atoms with Crippen molar-refractivity contribution in [3.05, 3.63) is 11.0 Å². The van der Waals surface area contributed by atoms with Crippen molar-refractivity contribution in [3.63, 3.8) is 0 Å². The molecule has 1 aromatic heterocycles. The van der Waals surface area contributed by atoms with E-state index in [-0.39, 0.29) is 5.28 Å². The first-order chi connectivity index (χ1) is 7.15. The second-order valence-corrected chi connectivity index (χ2v) is 3.18. The van der Waals surface area contributed by atoms with E-state index >= 15 is 0 Å². The van der Waals surface area contributed by atoms with E-state index in [1.54, 1.807) is 6.92 Å². The molecule has 1 rings (SSSR count). The van der Waals surface area contributed by atoms with E-state index in [1.807, 2.05) is 6.92 Å². The fourth-order valence-corrected chi connectivity index (χ4v) is 1.18. The van der Waals surface area contributed by atoms with Gasteiger partial charge in [-0.25, -0.2) is 4.98 Å². The highest BCUT2D eigenvalue weighted by Gasteiger charge is 2.08. The van der Waals surface area contributed by atoms with Gasteiger partial charge in [-0.1, -0.05) is 0 Å². The maximum atomic E-state index is 5.72. The molecule has 0 fully saturated rings. The number of aromatic nitrogens is 2. The molecular formula is C9H14ClN3O2. The van der Waals surface area contributed by atoms with E-state index in [0.717, 1.165) is 0 Å². The van der Waals surface area contributed by atoms with Gasteiger partial charge in [-0.05, 0) is 25.4 Å². The Balaban J connectivity index is 2.60. The lowest BCUT2D eigenvalue weighted by atomic mass is 10.4. The summed E-state index contributed by atoms with van der Waals surface area (Å²) in [6.45, 7) is 5.21. The third-order valence-corrected chi connectivity index (χ3v) is 1.91. The lowest BCUT2D eigenvalue weighted by molar-refractivity contribution is 0.108. The number of nitrogen functional groups attached to an aromatic ring is 1. The van der Waals surface area contributed by atoms with Crippen LogP contribution in [0.5, 0.6) is 5.88 Å². The highest BCUT2D eigenvalue weighted by molar-refractivity contribution is 6.28. The Hall–Kier alpha value is -1.07. The molecule has 0 aromatic carbocycles. The Morgan fingerprint density at radius 1 is 1.33 bits per heavy atom. The molecule has 1 aromatic rings. The Morgan fingerprint density at radius 2 is 2.07 bits per heavy atom. The first-order valence-corrected chi connectivity index (χ1v) is 5.03. The van der Waals surface area contributed by atoms with Gasteiger partial charge in [0.05, 0.1) is 12.3 Å². The monoisotopic (exact) mass is 231 g/mol. The molecule has 0 atom stereocenters. The molecule has 5 nitrogen and oxygen atoms in total. The number of nitrogens with two attached hydrogens (primary N) is 1. The summed E-state index contributed by atoms with van der Waals surface area (Å²) in [5, 5.41) is 0.133. The second-order valence-electron chi connectivity index (χ2n) is 2.84. The average Bonchev–Trinajstić information content (AvgIpc) is 2.19. The number of nitrogens with zero attached hydrogens (tertiary/aromatic N) is 2. The summed E-state index contributed by atoms with van der Waals surface area (Å²) in [6, 6.07) is 0. The number of rotatable bonds is 5. The molecule has 0 unspecified atom stereocenters. The predicted molar refractivity (Wildman–Crippen MR) is 58.2 cm³/mol. The normalized spacial score (nSPS) is 10.3. The van der Waals surface area contributed by atoms with Gasteiger partial charge in [-0.2, -0.15) is 4.98 Å². The van der Waals surface area contributed by atoms with E-state index in [9.17, 15) is 0 Å². The van der Waals surface area contributed by atoms with Crippen LogP contribution < -0.4 is 10.5 Å². The van der Waals surface area contributed by atoms with E-state index in [4.69, 9.17) is 26.8 Å². The van der Waals surface area contributed by atoms with E-state index in [1.165, 1.54) is 0 Å². The molecule has 0 amide bonds. The van der Waals surface area contributed by atoms with E-state index < -0.39 is 0 Å². The summed E-state index contributed by atoms with van der Waals surface area (Å²) in [6.07, 6.45) is 0. The van der Waals surface area contributed by atoms with Crippen LogP contribution in [0.3, 0.4) is 0 Å². The Labute approximate surface area is 93.6 Å². The molecule has 0 spiro atoms. The van der Waals surface area contributed by atoms with Crippen LogP contribution in [-0.2, 0) is 4.74 Å². The van der Waals surface area contributed by atoms with Gasteiger partial charge in [0.2, 0.25) is 11.2 Å². The van der Waals surface area contributed by atoms with Crippen LogP contribution in [0.4, 0.5) is 5.69 Å². The van der Waals surface area contributed by atoms with E-state index in [0.29, 0.717) is 37.1 Å². The number of hydrogen-bond donors (Lipinski definition) is 1. The summed E-state index contributed by atoms with van der Waals surface area (Å²) in [4.78, 5) is 7.78. The fraction of sp³-hybridized carbons (Fsp3) is 0.556. The SMILES string of the molecule is CCOCCOc1nc(Cl)nc(C)c1N. The number of hydrogen-bond acceptors (Lipinski definition) is 5. The van der Waals surface area contributed by atoms with E-state index in [2.05, 4.69) is 9.97 Å². The Bertz CT molecular complexity index is 333. The molecule has 0 radical (unpaired) electrons. The molecule has 0 saturated carbocycles. The molecule has 1 heterocycles. The minimum absolute atomic E-state index is 0.133. The highest BCUT2D eigenvalue weighted by Crippen LogP contribution is 2.22. The van der Waals surface area contributed by atoms with Gasteiger partial charge in [0, 0.05) is 6.61 Å². The van der Waals surface area contributed by atoms with Gasteiger partial charge >= 0.3 is 0 Å². The first-order valence-electron chi connectivity index (χ1n) is 4.65. The molecule has 2 N–H and O–H groups in total. The minimum Gasteiger partial charge on any atom is -0.474 e. The molecule has 84 valence electrons. The lowest BCUT2D eigenvalue weighted by Crippen LogP contribution is -2.10. The van der Waals surface area contributed by atoms with Crippen LogP contribution in [0, 0.1) is 6.92 Å². The van der Waals surface area contributed by atoms with Gasteiger partial charge in [-0.15, -0.1) is 0 Å². The molecule has 0 aliphatic heterocycles. The summed E-state index contributed by atoms with van der Waals surface area (Å²) in [5.41, 5.74) is 6.74. The van der Waals surface area contributed by atoms with Crippen molar-refractivity contribution >= 4 is 17.3 Å². The lowest BCUT2D eigenvalue weighted by Gasteiger charge is -2.09. The molecule has 6 heteroatoms. The maximum absolute atomic E-state index is 5.72. The third kappa shape index (κ3) is 3.53. The van der Waals surface area contributed by atoms with Crippen LogP contribution in [0.1, 0.15) is 12.6 Å². The summed E-state index contributed by atoms with van der Waals surface area (Å²) in [7, 11) is 0.